The summed E-state index contributed by atoms with van der Waals surface area (Å²) in [5.41, 5.74) is 0.483. The number of fused-ring (bicyclic) bond motifs is 1. The van der Waals surface area contributed by atoms with E-state index < -0.39 is 17.6 Å². The Kier molecular flexibility index (Phi) is 3.55. The first-order valence-corrected chi connectivity index (χ1v) is 6.90. The predicted octanol–water partition coefficient (Wildman–Crippen LogP) is 4.86. The highest BCUT2D eigenvalue weighted by molar-refractivity contribution is 5.90. The van der Waals surface area contributed by atoms with E-state index >= 15 is 0 Å². The molecule has 0 aliphatic carbocycles. The van der Waals surface area contributed by atoms with E-state index in [1.165, 1.54) is 28.8 Å². The lowest BCUT2D eigenvalue weighted by Crippen LogP contribution is -2.05. The summed E-state index contributed by atoms with van der Waals surface area (Å²) in [6.45, 7) is 1.88. The van der Waals surface area contributed by atoms with Gasteiger partial charge in [-0.2, -0.15) is 13.2 Å². The van der Waals surface area contributed by atoms with Crippen LogP contribution in [-0.2, 0) is 12.7 Å². The van der Waals surface area contributed by atoms with Crippen LogP contribution in [0.5, 0.6) is 5.88 Å². The quantitative estimate of drug-likeness (QED) is 0.669. The Balaban J connectivity index is 1.96. The van der Waals surface area contributed by atoms with E-state index in [4.69, 9.17) is 0 Å². The van der Waals surface area contributed by atoms with Gasteiger partial charge in [-0.25, -0.2) is 4.39 Å². The molecule has 0 saturated heterocycles. The van der Waals surface area contributed by atoms with Crippen LogP contribution in [0.15, 0.2) is 42.6 Å². The summed E-state index contributed by atoms with van der Waals surface area (Å²) >= 11 is 0. The lowest BCUT2D eigenvalue weighted by Gasteiger charge is -2.09. The number of aromatic hydroxyl groups is 1. The van der Waals surface area contributed by atoms with Crippen LogP contribution in [-0.4, -0.2) is 9.67 Å². The molecule has 1 aromatic heterocycles. The third-order valence-electron chi connectivity index (χ3n) is 3.76. The summed E-state index contributed by atoms with van der Waals surface area (Å²) < 4.78 is 52.6. The third-order valence-corrected chi connectivity index (χ3v) is 3.76. The number of alkyl halides is 3. The van der Waals surface area contributed by atoms with Crippen molar-refractivity contribution in [1.82, 2.24) is 4.57 Å². The van der Waals surface area contributed by atoms with Crippen LogP contribution in [0.3, 0.4) is 0 Å². The van der Waals surface area contributed by atoms with Crippen LogP contribution < -0.4 is 0 Å². The van der Waals surface area contributed by atoms with Crippen molar-refractivity contribution < 1.29 is 22.7 Å². The Morgan fingerprint density at radius 3 is 2.35 bits per heavy atom. The van der Waals surface area contributed by atoms with Gasteiger partial charge in [0.05, 0.1) is 12.1 Å². The minimum Gasteiger partial charge on any atom is -0.494 e. The van der Waals surface area contributed by atoms with Gasteiger partial charge in [-0.1, -0.05) is 12.1 Å². The second kappa shape index (κ2) is 5.30. The molecule has 0 fully saturated rings. The summed E-state index contributed by atoms with van der Waals surface area (Å²) in [6, 6.07) is 7.36. The molecule has 2 aromatic carbocycles. The number of hydrogen-bond acceptors (Lipinski definition) is 1. The highest BCUT2D eigenvalue weighted by Gasteiger charge is 2.29. The zero-order valence-electron chi connectivity index (χ0n) is 12.2. The molecule has 0 unspecified atom stereocenters. The number of halogens is 4. The van der Waals surface area contributed by atoms with E-state index in [2.05, 4.69) is 0 Å². The summed E-state index contributed by atoms with van der Waals surface area (Å²) in [4.78, 5) is 0. The van der Waals surface area contributed by atoms with Crippen molar-refractivity contribution in [3.63, 3.8) is 0 Å². The Hall–Kier alpha value is -2.50. The van der Waals surface area contributed by atoms with E-state index in [1.54, 1.807) is 13.1 Å². The zero-order valence-corrected chi connectivity index (χ0v) is 12.2. The number of aromatic nitrogens is 1. The highest BCUT2D eigenvalue weighted by atomic mass is 19.4. The maximum Gasteiger partial charge on any atom is 0.416 e. The fourth-order valence-corrected chi connectivity index (χ4v) is 2.67. The maximum absolute atomic E-state index is 13.4. The van der Waals surface area contributed by atoms with Gasteiger partial charge in [0.25, 0.3) is 0 Å². The smallest absolute Gasteiger partial charge is 0.416 e. The van der Waals surface area contributed by atoms with E-state index in [0.717, 1.165) is 12.1 Å². The molecule has 0 spiro atoms. The van der Waals surface area contributed by atoms with E-state index in [0.29, 0.717) is 21.9 Å². The van der Waals surface area contributed by atoms with Gasteiger partial charge < -0.3 is 9.67 Å². The minimum absolute atomic E-state index is 0.0302. The first-order valence-electron chi connectivity index (χ1n) is 6.90. The maximum atomic E-state index is 13.4. The van der Waals surface area contributed by atoms with Crippen molar-refractivity contribution in [3.8, 4) is 5.88 Å². The molecule has 6 heteroatoms. The van der Waals surface area contributed by atoms with Crippen molar-refractivity contribution in [1.29, 1.82) is 0 Å². The standard InChI is InChI=1S/C17H13F4NO/c1-10-6-14(18)7-12-9-22(16(23)15(10)12)8-11-2-4-13(5-3-11)17(19,20)21/h2-7,9,23H,8H2,1H3. The Labute approximate surface area is 129 Å². The number of nitrogens with zero attached hydrogens (tertiary/aromatic N) is 1. The van der Waals surface area contributed by atoms with Crippen molar-refractivity contribution in [3.05, 3.63) is 65.1 Å². The Morgan fingerprint density at radius 2 is 1.74 bits per heavy atom. The Morgan fingerprint density at radius 1 is 1.09 bits per heavy atom. The van der Waals surface area contributed by atoms with Gasteiger partial charge >= 0.3 is 6.18 Å². The Bertz CT molecular complexity index is 863. The fraction of sp³-hybridized carbons (Fsp3) is 0.176. The van der Waals surface area contributed by atoms with Crippen LogP contribution in [0.4, 0.5) is 17.6 Å². The first-order chi connectivity index (χ1) is 10.8. The second-order valence-electron chi connectivity index (χ2n) is 5.46. The number of rotatable bonds is 2. The molecular formula is C17H13F4NO. The monoisotopic (exact) mass is 323 g/mol. The van der Waals surface area contributed by atoms with Crippen LogP contribution in [0.25, 0.3) is 10.8 Å². The van der Waals surface area contributed by atoms with Gasteiger partial charge in [0, 0.05) is 17.0 Å². The second-order valence-corrected chi connectivity index (χ2v) is 5.46. The molecule has 0 bridgehead atoms. The van der Waals surface area contributed by atoms with Crippen LogP contribution in [0.2, 0.25) is 0 Å². The lowest BCUT2D eigenvalue weighted by molar-refractivity contribution is -0.137. The molecular weight excluding hydrogens is 310 g/mol. The van der Waals surface area contributed by atoms with Crippen LogP contribution in [0.1, 0.15) is 16.7 Å². The van der Waals surface area contributed by atoms with Gasteiger partial charge in [0.15, 0.2) is 5.88 Å². The molecule has 2 nitrogen and oxygen atoms in total. The largest absolute Gasteiger partial charge is 0.494 e. The molecule has 0 atom stereocenters. The minimum atomic E-state index is -4.38. The van der Waals surface area contributed by atoms with Crippen molar-refractivity contribution in [2.75, 3.05) is 0 Å². The van der Waals surface area contributed by atoms with Crippen molar-refractivity contribution in [2.45, 2.75) is 19.6 Å². The molecule has 1 heterocycles. The van der Waals surface area contributed by atoms with Crippen LogP contribution >= 0.6 is 0 Å². The summed E-state index contributed by atoms with van der Waals surface area (Å²) in [7, 11) is 0. The average molecular weight is 323 g/mol. The first kappa shape index (κ1) is 15.4. The molecule has 0 saturated carbocycles. The molecule has 0 amide bonds. The average Bonchev–Trinajstić information content (AvgIpc) is 2.74. The van der Waals surface area contributed by atoms with E-state index in [1.807, 2.05) is 0 Å². The predicted molar refractivity (Wildman–Crippen MR) is 78.8 cm³/mol. The molecule has 0 aliphatic rings. The van der Waals surface area contributed by atoms with Crippen molar-refractivity contribution in [2.24, 2.45) is 0 Å². The zero-order chi connectivity index (χ0) is 16.8. The van der Waals surface area contributed by atoms with Gasteiger partial charge in [-0.3, -0.25) is 0 Å². The third kappa shape index (κ3) is 2.88. The topological polar surface area (TPSA) is 25.2 Å². The summed E-state index contributed by atoms with van der Waals surface area (Å²) in [5.74, 6) is -0.431. The van der Waals surface area contributed by atoms with E-state index in [9.17, 15) is 22.7 Å². The lowest BCUT2D eigenvalue weighted by atomic mass is 10.1. The summed E-state index contributed by atoms with van der Waals surface area (Å²) in [5, 5.41) is 11.4. The van der Waals surface area contributed by atoms with Gasteiger partial charge in [0.2, 0.25) is 0 Å². The number of aryl methyl sites for hydroxylation is 1. The van der Waals surface area contributed by atoms with Gasteiger partial charge in [-0.05, 0) is 42.3 Å². The molecule has 0 radical (unpaired) electrons. The molecule has 120 valence electrons. The molecule has 23 heavy (non-hydrogen) atoms. The number of hydrogen-bond donors (Lipinski definition) is 1. The molecule has 1 N–H and O–H groups in total. The summed E-state index contributed by atoms with van der Waals surface area (Å²) in [6.07, 6.45) is -2.80. The normalized spacial score (nSPS) is 12.0. The molecule has 3 aromatic rings. The van der Waals surface area contributed by atoms with Gasteiger partial charge in [0.1, 0.15) is 5.82 Å². The van der Waals surface area contributed by atoms with Crippen LogP contribution in [0, 0.1) is 12.7 Å². The fourth-order valence-electron chi connectivity index (χ4n) is 2.67. The SMILES string of the molecule is Cc1cc(F)cc2cn(Cc3ccc(C(F)(F)F)cc3)c(O)c12. The van der Waals surface area contributed by atoms with E-state index in [-0.39, 0.29) is 12.4 Å². The highest BCUT2D eigenvalue weighted by Crippen LogP contribution is 2.32. The van der Waals surface area contributed by atoms with Gasteiger partial charge in [-0.15, -0.1) is 0 Å². The molecule has 0 aliphatic heterocycles. The van der Waals surface area contributed by atoms with Crippen molar-refractivity contribution >= 4 is 10.8 Å². The molecule has 3 rings (SSSR count). The number of benzene rings is 2.